The van der Waals surface area contributed by atoms with Crippen molar-refractivity contribution in [3.63, 3.8) is 0 Å². The molecule has 5 nitrogen and oxygen atoms in total. The third-order valence-corrected chi connectivity index (χ3v) is 5.13. The predicted octanol–water partition coefficient (Wildman–Crippen LogP) is 3.24. The number of carbonyl (C=O) groups excluding carboxylic acids is 1. The second-order valence-corrected chi connectivity index (χ2v) is 6.84. The first kappa shape index (κ1) is 16.4. The highest BCUT2D eigenvalue weighted by molar-refractivity contribution is 5.85. The molecule has 2 aromatic carbocycles. The van der Waals surface area contributed by atoms with E-state index in [1.807, 2.05) is 35.1 Å². The third kappa shape index (κ3) is 2.96. The number of rotatable bonds is 4. The molecule has 132 valence electrons. The maximum absolute atomic E-state index is 11.9. The van der Waals surface area contributed by atoms with Crippen LogP contribution in [-0.4, -0.2) is 21.7 Å². The Morgan fingerprint density at radius 2 is 1.92 bits per heavy atom. The van der Waals surface area contributed by atoms with Gasteiger partial charge in [0.2, 0.25) is 5.91 Å². The number of hydrogen-bond donors (Lipinski definition) is 1. The number of aromatic nitrogens is 2. The van der Waals surface area contributed by atoms with Crippen LogP contribution >= 0.6 is 0 Å². The number of para-hydroxylation sites is 1. The summed E-state index contributed by atoms with van der Waals surface area (Å²) in [5, 5.41) is 4.26. The maximum atomic E-state index is 11.9. The van der Waals surface area contributed by atoms with Gasteiger partial charge >= 0.3 is 0 Å². The van der Waals surface area contributed by atoms with Crippen LogP contribution in [0.4, 0.5) is 5.69 Å². The van der Waals surface area contributed by atoms with Gasteiger partial charge in [-0.3, -0.25) is 4.79 Å². The van der Waals surface area contributed by atoms with Crippen molar-refractivity contribution in [3.05, 3.63) is 78.1 Å². The molecule has 1 aliphatic rings. The van der Waals surface area contributed by atoms with E-state index in [-0.39, 0.29) is 17.9 Å². The van der Waals surface area contributed by atoms with Gasteiger partial charge in [-0.1, -0.05) is 30.3 Å². The minimum Gasteiger partial charge on any atom is -0.369 e. The molecule has 2 N–H and O–H groups in total. The lowest BCUT2D eigenvalue weighted by Gasteiger charge is -2.40. The molecule has 1 aliphatic heterocycles. The first-order valence-electron chi connectivity index (χ1n) is 8.87. The largest absolute Gasteiger partial charge is 0.369 e. The molecule has 1 aromatic heterocycles. The van der Waals surface area contributed by atoms with E-state index in [1.165, 1.54) is 5.56 Å². The van der Waals surface area contributed by atoms with Crippen LogP contribution in [-0.2, 0) is 11.3 Å². The van der Waals surface area contributed by atoms with E-state index in [0.29, 0.717) is 0 Å². The van der Waals surface area contributed by atoms with Crippen molar-refractivity contribution in [1.29, 1.82) is 0 Å². The molecule has 2 heterocycles. The number of carbonyl (C=O) groups is 1. The summed E-state index contributed by atoms with van der Waals surface area (Å²) in [4.78, 5) is 14.2. The van der Waals surface area contributed by atoms with Crippen LogP contribution in [0.1, 0.15) is 30.4 Å². The standard InChI is InChI=1S/C21H22N4O/c1-15-13-19(21(22)26)18-5-2-3-6-20(18)24(15)14-16-7-9-17(10-8-16)25-12-4-11-23-25/h2-12,15,19H,13-14H2,1H3,(H2,22,26)/t15-,19+/m0/s1. The monoisotopic (exact) mass is 346 g/mol. The average Bonchev–Trinajstić information content (AvgIpc) is 3.19. The van der Waals surface area contributed by atoms with Crippen LogP contribution in [0.15, 0.2) is 67.0 Å². The summed E-state index contributed by atoms with van der Waals surface area (Å²) < 4.78 is 1.85. The fourth-order valence-corrected chi connectivity index (χ4v) is 3.76. The van der Waals surface area contributed by atoms with Crippen LogP contribution in [0.2, 0.25) is 0 Å². The Hall–Kier alpha value is -3.08. The van der Waals surface area contributed by atoms with Gasteiger partial charge in [-0.2, -0.15) is 5.10 Å². The number of amides is 1. The highest BCUT2D eigenvalue weighted by atomic mass is 16.1. The molecule has 2 atom stereocenters. The van der Waals surface area contributed by atoms with Gasteiger partial charge in [-0.05, 0) is 48.7 Å². The number of nitrogens with two attached hydrogens (primary N) is 1. The predicted molar refractivity (Wildman–Crippen MR) is 102 cm³/mol. The van der Waals surface area contributed by atoms with Crippen LogP contribution in [0.5, 0.6) is 0 Å². The molecule has 0 bridgehead atoms. The van der Waals surface area contributed by atoms with Crippen molar-refractivity contribution in [2.45, 2.75) is 31.8 Å². The SMILES string of the molecule is C[C@H]1C[C@@H](C(N)=O)c2ccccc2N1Cc1ccc(-n2cccn2)cc1. The summed E-state index contributed by atoms with van der Waals surface area (Å²) in [7, 11) is 0. The first-order chi connectivity index (χ1) is 12.6. The number of fused-ring (bicyclic) bond motifs is 1. The zero-order valence-electron chi connectivity index (χ0n) is 14.7. The van der Waals surface area contributed by atoms with E-state index in [0.717, 1.165) is 29.9 Å². The van der Waals surface area contributed by atoms with Gasteiger partial charge in [0.15, 0.2) is 0 Å². The zero-order valence-corrected chi connectivity index (χ0v) is 14.7. The Morgan fingerprint density at radius 1 is 1.15 bits per heavy atom. The summed E-state index contributed by atoms with van der Waals surface area (Å²) in [6.07, 6.45) is 4.45. The van der Waals surface area contributed by atoms with E-state index < -0.39 is 0 Å². The smallest absolute Gasteiger partial charge is 0.225 e. The number of nitrogens with zero attached hydrogens (tertiary/aromatic N) is 3. The maximum Gasteiger partial charge on any atom is 0.225 e. The fourth-order valence-electron chi connectivity index (χ4n) is 3.76. The summed E-state index contributed by atoms with van der Waals surface area (Å²) in [5.74, 6) is -0.452. The lowest BCUT2D eigenvalue weighted by atomic mass is 9.85. The molecule has 0 aliphatic carbocycles. The van der Waals surface area contributed by atoms with Crippen molar-refractivity contribution in [2.24, 2.45) is 5.73 Å². The molecule has 1 amide bonds. The lowest BCUT2D eigenvalue weighted by molar-refractivity contribution is -0.119. The van der Waals surface area contributed by atoms with Crippen LogP contribution in [0.3, 0.4) is 0 Å². The number of anilines is 1. The number of hydrogen-bond acceptors (Lipinski definition) is 3. The molecule has 4 rings (SSSR count). The quantitative estimate of drug-likeness (QED) is 0.789. The first-order valence-corrected chi connectivity index (χ1v) is 8.87. The lowest BCUT2D eigenvalue weighted by Crippen LogP contribution is -2.41. The zero-order chi connectivity index (χ0) is 18.1. The molecule has 0 unspecified atom stereocenters. The van der Waals surface area contributed by atoms with Crippen molar-refractivity contribution in [3.8, 4) is 5.69 Å². The van der Waals surface area contributed by atoms with E-state index in [2.05, 4.69) is 47.3 Å². The van der Waals surface area contributed by atoms with Gasteiger partial charge in [0.25, 0.3) is 0 Å². The second kappa shape index (κ2) is 6.67. The Kier molecular flexibility index (Phi) is 4.21. The molecule has 5 heteroatoms. The third-order valence-electron chi connectivity index (χ3n) is 5.13. The molecule has 26 heavy (non-hydrogen) atoms. The van der Waals surface area contributed by atoms with Gasteiger partial charge in [0.05, 0.1) is 11.6 Å². The number of benzene rings is 2. The topological polar surface area (TPSA) is 64.2 Å². The van der Waals surface area contributed by atoms with E-state index in [4.69, 9.17) is 5.73 Å². The van der Waals surface area contributed by atoms with Crippen LogP contribution in [0, 0.1) is 0 Å². The van der Waals surface area contributed by atoms with Gasteiger partial charge in [-0.15, -0.1) is 0 Å². The Morgan fingerprint density at radius 3 is 2.62 bits per heavy atom. The summed E-state index contributed by atoms with van der Waals surface area (Å²) in [6, 6.07) is 18.7. The van der Waals surface area contributed by atoms with Gasteiger partial charge in [0, 0.05) is 30.7 Å². The molecular weight excluding hydrogens is 324 g/mol. The van der Waals surface area contributed by atoms with Crippen LogP contribution < -0.4 is 10.6 Å². The van der Waals surface area contributed by atoms with Crippen LogP contribution in [0.25, 0.3) is 5.69 Å². The Labute approximate surface area is 153 Å². The van der Waals surface area contributed by atoms with Gasteiger partial charge in [-0.25, -0.2) is 4.68 Å². The Bertz CT molecular complexity index is 902. The molecule has 0 spiro atoms. The van der Waals surface area contributed by atoms with E-state index in [9.17, 15) is 4.79 Å². The van der Waals surface area contributed by atoms with Gasteiger partial charge < -0.3 is 10.6 Å². The van der Waals surface area contributed by atoms with Gasteiger partial charge in [0.1, 0.15) is 0 Å². The second-order valence-electron chi connectivity index (χ2n) is 6.84. The minimum absolute atomic E-state index is 0.209. The molecule has 0 fully saturated rings. The van der Waals surface area contributed by atoms with Crippen molar-refractivity contribution in [2.75, 3.05) is 4.90 Å². The highest BCUT2D eigenvalue weighted by Gasteiger charge is 2.32. The molecule has 0 saturated carbocycles. The molecule has 3 aromatic rings. The molecule has 0 saturated heterocycles. The minimum atomic E-state index is -0.243. The Balaban J connectivity index is 1.61. The normalized spacial score (nSPS) is 19.2. The highest BCUT2D eigenvalue weighted by Crippen LogP contribution is 2.38. The number of primary amides is 1. The fraction of sp³-hybridized carbons (Fsp3) is 0.238. The van der Waals surface area contributed by atoms with E-state index >= 15 is 0 Å². The van der Waals surface area contributed by atoms with Crippen molar-refractivity contribution < 1.29 is 4.79 Å². The average molecular weight is 346 g/mol. The molecular formula is C21H22N4O. The molecule has 0 radical (unpaired) electrons. The van der Waals surface area contributed by atoms with Crippen molar-refractivity contribution in [1.82, 2.24) is 9.78 Å². The summed E-state index contributed by atoms with van der Waals surface area (Å²) in [5.41, 5.74) is 10.0. The van der Waals surface area contributed by atoms with Crippen molar-refractivity contribution >= 4 is 11.6 Å². The summed E-state index contributed by atoms with van der Waals surface area (Å²) in [6.45, 7) is 2.95. The summed E-state index contributed by atoms with van der Waals surface area (Å²) >= 11 is 0. The van der Waals surface area contributed by atoms with E-state index in [1.54, 1.807) is 6.20 Å².